The van der Waals surface area contributed by atoms with Gasteiger partial charge in [-0.2, -0.15) is 0 Å². The molecule has 2 aromatic carbocycles. The van der Waals surface area contributed by atoms with Crippen LogP contribution < -0.4 is 9.62 Å². The molecule has 1 aromatic heterocycles. The van der Waals surface area contributed by atoms with Gasteiger partial charge in [-0.15, -0.1) is 0 Å². The highest BCUT2D eigenvalue weighted by atomic mass is 35.5. The van der Waals surface area contributed by atoms with E-state index in [0.717, 1.165) is 56.3 Å². The van der Waals surface area contributed by atoms with Crippen LogP contribution in [0.4, 0.5) is 5.69 Å². The molecule has 2 aliphatic rings. The summed E-state index contributed by atoms with van der Waals surface area (Å²) in [6.45, 7) is 12.5. The zero-order valence-electron chi connectivity index (χ0n) is 24.0. The molecule has 3 aromatic rings. The van der Waals surface area contributed by atoms with Crippen LogP contribution in [-0.4, -0.2) is 57.1 Å². The van der Waals surface area contributed by atoms with Gasteiger partial charge in [0.25, 0.3) is 15.9 Å². The number of hydrogen-bond acceptors (Lipinski definition) is 7. The van der Waals surface area contributed by atoms with E-state index >= 15 is 0 Å². The van der Waals surface area contributed by atoms with Crippen molar-refractivity contribution in [1.29, 1.82) is 0 Å². The third kappa shape index (κ3) is 6.68. The van der Waals surface area contributed by atoms with Crippen molar-refractivity contribution in [3.8, 4) is 0 Å². The molecule has 0 spiro atoms. The lowest BCUT2D eigenvalue weighted by atomic mass is 9.72. The van der Waals surface area contributed by atoms with E-state index in [-0.39, 0.29) is 16.0 Å². The third-order valence-corrected chi connectivity index (χ3v) is 9.88. The van der Waals surface area contributed by atoms with Gasteiger partial charge in [0.1, 0.15) is 5.76 Å². The molecule has 0 saturated carbocycles. The largest absolute Gasteiger partial charge is 0.369 e. The van der Waals surface area contributed by atoms with E-state index in [1.807, 2.05) is 12.1 Å². The first-order valence-corrected chi connectivity index (χ1v) is 15.8. The number of allylic oxidation sites excluding steroid dienone is 1. The second kappa shape index (κ2) is 11.6. The molecule has 1 fully saturated rings. The number of benzene rings is 2. The topological polar surface area (TPSA) is 95.8 Å². The fourth-order valence-electron chi connectivity index (χ4n) is 5.59. The Kier molecular flexibility index (Phi) is 8.32. The first-order valence-electron chi connectivity index (χ1n) is 14.0. The highest BCUT2D eigenvalue weighted by Gasteiger charge is 2.29. The van der Waals surface area contributed by atoms with Crippen molar-refractivity contribution in [3.63, 3.8) is 0 Å². The predicted octanol–water partition coefficient (Wildman–Crippen LogP) is 5.85. The predicted molar refractivity (Wildman–Crippen MR) is 162 cm³/mol. The SMILES string of the molecule is Cc1onc(C(=O)NS(=O)(=O)c2ccc(N3CCN(CC4=C(c5ccc(Cl)cc5)CC(C)(C)CC4)CC3)cc2)c1C. The molecule has 10 heteroatoms. The number of sulfonamides is 1. The van der Waals surface area contributed by atoms with E-state index < -0.39 is 15.9 Å². The van der Waals surface area contributed by atoms with Crippen molar-refractivity contribution in [3.05, 3.63) is 81.7 Å². The number of aromatic nitrogens is 1. The summed E-state index contributed by atoms with van der Waals surface area (Å²) in [4.78, 5) is 17.3. The van der Waals surface area contributed by atoms with Gasteiger partial charge in [0, 0.05) is 49.0 Å². The van der Waals surface area contributed by atoms with Crippen LogP contribution in [0.25, 0.3) is 5.57 Å². The summed E-state index contributed by atoms with van der Waals surface area (Å²) >= 11 is 6.16. The lowest BCUT2D eigenvalue weighted by Gasteiger charge is -2.39. The summed E-state index contributed by atoms with van der Waals surface area (Å²) in [6, 6.07) is 14.9. The van der Waals surface area contributed by atoms with Crippen LogP contribution in [0.15, 0.2) is 63.5 Å². The summed E-state index contributed by atoms with van der Waals surface area (Å²) in [5.41, 5.74) is 5.97. The summed E-state index contributed by atoms with van der Waals surface area (Å²) in [5, 5.41) is 4.43. The van der Waals surface area contributed by atoms with E-state index in [9.17, 15) is 13.2 Å². The number of piperazine rings is 1. The Labute approximate surface area is 247 Å². The number of amides is 1. The normalized spacial score (nSPS) is 18.0. The summed E-state index contributed by atoms with van der Waals surface area (Å²) in [5.74, 6) is -0.339. The molecule has 8 nitrogen and oxygen atoms in total. The van der Waals surface area contributed by atoms with E-state index in [1.165, 1.54) is 35.3 Å². The highest BCUT2D eigenvalue weighted by molar-refractivity contribution is 7.90. The molecule has 41 heavy (non-hydrogen) atoms. The molecular formula is C31H37ClN4O4S. The first kappa shape index (κ1) is 29.4. The minimum atomic E-state index is -4.05. The molecule has 1 aliphatic heterocycles. The van der Waals surface area contributed by atoms with Gasteiger partial charge in [-0.25, -0.2) is 13.1 Å². The molecule has 1 aliphatic carbocycles. The maximum absolute atomic E-state index is 12.8. The number of carbonyl (C=O) groups is 1. The number of rotatable bonds is 7. The van der Waals surface area contributed by atoms with Crippen molar-refractivity contribution in [1.82, 2.24) is 14.8 Å². The van der Waals surface area contributed by atoms with Crippen LogP contribution in [0, 0.1) is 19.3 Å². The van der Waals surface area contributed by atoms with E-state index in [2.05, 4.69) is 45.7 Å². The van der Waals surface area contributed by atoms with Gasteiger partial charge in [0.05, 0.1) is 4.90 Å². The Morgan fingerprint density at radius 3 is 2.29 bits per heavy atom. The van der Waals surface area contributed by atoms with Gasteiger partial charge in [-0.05, 0) is 86.1 Å². The number of anilines is 1. The summed E-state index contributed by atoms with van der Waals surface area (Å²) < 4.78 is 32.7. The zero-order chi connectivity index (χ0) is 29.4. The van der Waals surface area contributed by atoms with Crippen LogP contribution in [-0.2, 0) is 10.0 Å². The number of carbonyl (C=O) groups excluding carboxylic acids is 1. The maximum atomic E-state index is 12.8. The summed E-state index contributed by atoms with van der Waals surface area (Å²) in [7, 11) is -4.05. The average Bonchev–Trinajstić information content (AvgIpc) is 3.28. The van der Waals surface area contributed by atoms with Gasteiger partial charge >= 0.3 is 0 Å². The van der Waals surface area contributed by atoms with Gasteiger partial charge in [0.2, 0.25) is 0 Å². The Morgan fingerprint density at radius 1 is 1.02 bits per heavy atom. The minimum absolute atomic E-state index is 0.0213. The average molecular weight is 597 g/mol. The van der Waals surface area contributed by atoms with Crippen molar-refractivity contribution in [2.24, 2.45) is 5.41 Å². The third-order valence-electron chi connectivity index (χ3n) is 8.28. The molecule has 1 N–H and O–H groups in total. The maximum Gasteiger partial charge on any atom is 0.287 e. The number of halogens is 1. The number of hydrogen-bond donors (Lipinski definition) is 1. The van der Waals surface area contributed by atoms with Crippen LogP contribution in [0.1, 0.15) is 60.5 Å². The van der Waals surface area contributed by atoms with Gasteiger partial charge in [0.15, 0.2) is 5.69 Å². The van der Waals surface area contributed by atoms with Gasteiger partial charge < -0.3 is 9.42 Å². The second-order valence-electron chi connectivity index (χ2n) is 11.8. The van der Waals surface area contributed by atoms with E-state index in [4.69, 9.17) is 16.1 Å². The lowest BCUT2D eigenvalue weighted by Crippen LogP contribution is -2.47. The quantitative estimate of drug-likeness (QED) is 0.365. The van der Waals surface area contributed by atoms with Crippen LogP contribution >= 0.6 is 11.6 Å². The van der Waals surface area contributed by atoms with Crippen LogP contribution in [0.3, 0.4) is 0 Å². The monoisotopic (exact) mass is 596 g/mol. The fraction of sp³-hybridized carbons (Fsp3) is 0.419. The Balaban J connectivity index is 1.21. The molecule has 0 atom stereocenters. The van der Waals surface area contributed by atoms with E-state index in [1.54, 1.807) is 26.0 Å². The van der Waals surface area contributed by atoms with Crippen LogP contribution in [0.5, 0.6) is 0 Å². The van der Waals surface area contributed by atoms with Crippen molar-refractivity contribution in [2.75, 3.05) is 37.6 Å². The molecule has 0 unspecified atom stereocenters. The van der Waals surface area contributed by atoms with Crippen LogP contribution in [0.2, 0.25) is 5.02 Å². The Morgan fingerprint density at radius 2 is 1.68 bits per heavy atom. The van der Waals surface area contributed by atoms with Crippen molar-refractivity contribution in [2.45, 2.75) is 51.9 Å². The molecular weight excluding hydrogens is 560 g/mol. The Hall–Kier alpha value is -3.14. The first-order chi connectivity index (χ1) is 19.4. The zero-order valence-corrected chi connectivity index (χ0v) is 25.6. The molecule has 0 radical (unpaired) electrons. The minimum Gasteiger partial charge on any atom is -0.369 e. The molecule has 2 heterocycles. The molecule has 0 bridgehead atoms. The van der Waals surface area contributed by atoms with Gasteiger partial charge in [-0.3, -0.25) is 9.69 Å². The number of aryl methyl sites for hydroxylation is 1. The summed E-state index contributed by atoms with van der Waals surface area (Å²) in [6.07, 6.45) is 3.36. The smallest absolute Gasteiger partial charge is 0.287 e. The second-order valence-corrected chi connectivity index (χ2v) is 14.0. The molecule has 218 valence electrons. The lowest BCUT2D eigenvalue weighted by molar-refractivity contribution is 0.0972. The molecule has 1 saturated heterocycles. The standard InChI is InChI=1S/C31H37ClN4O4S/c1-21-22(2)40-33-29(21)30(37)34-41(38,39)27-11-9-26(10-12-27)36-17-15-35(16-18-36)20-24-13-14-31(3,4)19-28(24)23-5-7-25(32)8-6-23/h5-12H,13-20H2,1-4H3,(H,34,37). The highest BCUT2D eigenvalue weighted by Crippen LogP contribution is 2.43. The van der Waals surface area contributed by atoms with Crippen molar-refractivity contribution >= 4 is 38.8 Å². The number of nitrogens with zero attached hydrogens (tertiary/aromatic N) is 3. The molecule has 1 amide bonds. The van der Waals surface area contributed by atoms with E-state index in [0.29, 0.717) is 11.3 Å². The fourth-order valence-corrected chi connectivity index (χ4v) is 6.67. The Bertz CT molecular complexity index is 1550. The van der Waals surface area contributed by atoms with Crippen molar-refractivity contribution < 1.29 is 17.7 Å². The molecule has 5 rings (SSSR count). The number of nitrogens with one attached hydrogen (secondary N) is 1. The van der Waals surface area contributed by atoms with Gasteiger partial charge in [-0.1, -0.05) is 48.3 Å².